The Morgan fingerprint density at radius 2 is 1.57 bits per heavy atom. The Morgan fingerprint density at radius 1 is 0.952 bits per heavy atom. The molecule has 3 fully saturated rings. The molecule has 0 radical (unpaired) electrons. The zero-order valence-corrected chi connectivity index (χ0v) is 24.6. The van der Waals surface area contributed by atoms with Crippen molar-refractivity contribution in [1.29, 1.82) is 0 Å². The first kappa shape index (κ1) is 29.3. The molecule has 3 aromatic rings. The molecule has 3 aliphatic rings. The minimum Gasteiger partial charge on any atom is -0.490 e. The molecule has 2 unspecified atom stereocenters. The number of nitrogens with zero attached hydrogens (tertiary/aromatic N) is 1. The lowest BCUT2D eigenvalue weighted by atomic mass is 9.92. The second-order valence-electron chi connectivity index (χ2n) is 11.8. The molecule has 224 valence electrons. The molecular formula is C31H34ClF2N3O4S. The van der Waals surface area contributed by atoms with E-state index in [9.17, 15) is 13.2 Å². The molecule has 3 N–H and O–H groups in total. The highest BCUT2D eigenvalue weighted by Gasteiger charge is 2.52. The lowest BCUT2D eigenvalue weighted by molar-refractivity contribution is -0.146. The van der Waals surface area contributed by atoms with Gasteiger partial charge in [0.1, 0.15) is 5.75 Å². The standard InChI is InChI=1S/C31H34ClF2N3O4S/c32-24-11-9-23(10-12-24)31(33,34)29(30(38)37-17-21-5-6-22(18-37)28(21)35)36-42(39,40)27-14-8-19-15-26(13-7-20(19)16-27)41-25-3-1-2-4-25/h7-16,21-22,25,28-29,36H,1-6,17-18,35H2/t21?,22?,28?,29-/m0/s1. The van der Waals surface area contributed by atoms with Crippen LogP contribution in [-0.4, -0.2) is 50.5 Å². The van der Waals surface area contributed by atoms with Crippen LogP contribution < -0.4 is 15.2 Å². The maximum absolute atomic E-state index is 16.1. The summed E-state index contributed by atoms with van der Waals surface area (Å²) in [4.78, 5) is 14.9. The van der Waals surface area contributed by atoms with Crippen LogP contribution in [0.1, 0.15) is 44.1 Å². The van der Waals surface area contributed by atoms with Crippen LogP contribution >= 0.6 is 11.6 Å². The van der Waals surface area contributed by atoms with Crippen molar-refractivity contribution >= 4 is 38.3 Å². The van der Waals surface area contributed by atoms with E-state index in [4.69, 9.17) is 22.1 Å². The molecule has 7 nitrogen and oxygen atoms in total. The highest BCUT2D eigenvalue weighted by Crippen LogP contribution is 2.39. The molecule has 1 heterocycles. The quantitative estimate of drug-likeness (QED) is 0.350. The third-order valence-electron chi connectivity index (χ3n) is 9.03. The van der Waals surface area contributed by atoms with E-state index in [1.54, 1.807) is 18.2 Å². The summed E-state index contributed by atoms with van der Waals surface area (Å²) in [7, 11) is -4.54. The number of halogens is 3. The Morgan fingerprint density at radius 3 is 2.24 bits per heavy atom. The van der Waals surface area contributed by atoms with E-state index in [-0.39, 0.29) is 47.0 Å². The number of likely N-dealkylation sites (tertiary alicyclic amines) is 1. The Kier molecular flexibility index (Phi) is 7.93. The number of piperidine rings is 1. The first-order valence-electron chi connectivity index (χ1n) is 14.4. The highest BCUT2D eigenvalue weighted by atomic mass is 35.5. The molecule has 0 spiro atoms. The Balaban J connectivity index is 1.29. The van der Waals surface area contributed by atoms with Gasteiger partial charge in [-0.05, 0) is 97.5 Å². The van der Waals surface area contributed by atoms with Crippen LogP contribution in [0.5, 0.6) is 5.75 Å². The van der Waals surface area contributed by atoms with Gasteiger partial charge in [0.25, 0.3) is 5.92 Å². The van der Waals surface area contributed by atoms with Gasteiger partial charge in [-0.25, -0.2) is 8.42 Å². The number of sulfonamides is 1. The summed E-state index contributed by atoms with van der Waals surface area (Å²) >= 11 is 5.91. The Bertz CT molecular complexity index is 1570. The summed E-state index contributed by atoms with van der Waals surface area (Å²) in [6.07, 6.45) is 6.08. The summed E-state index contributed by atoms with van der Waals surface area (Å²) in [6.45, 7) is 0.430. The summed E-state index contributed by atoms with van der Waals surface area (Å²) in [6, 6.07) is 12.1. The van der Waals surface area contributed by atoms with E-state index >= 15 is 8.78 Å². The van der Waals surface area contributed by atoms with E-state index < -0.39 is 33.5 Å². The molecule has 11 heteroatoms. The number of rotatable bonds is 8. The average Bonchev–Trinajstić information content (AvgIpc) is 3.53. The van der Waals surface area contributed by atoms with E-state index in [1.165, 1.54) is 29.2 Å². The summed E-state index contributed by atoms with van der Waals surface area (Å²) in [5, 5.41) is 1.60. The van der Waals surface area contributed by atoms with Gasteiger partial charge in [0.05, 0.1) is 11.0 Å². The van der Waals surface area contributed by atoms with Crippen molar-refractivity contribution in [1.82, 2.24) is 9.62 Å². The maximum atomic E-state index is 16.1. The molecule has 1 saturated heterocycles. The van der Waals surface area contributed by atoms with Gasteiger partial charge in [0.15, 0.2) is 6.04 Å². The van der Waals surface area contributed by atoms with Gasteiger partial charge in [-0.2, -0.15) is 13.5 Å². The van der Waals surface area contributed by atoms with Crippen molar-refractivity contribution in [2.45, 2.75) is 67.5 Å². The second kappa shape index (κ2) is 11.4. The van der Waals surface area contributed by atoms with Crippen LogP contribution in [0.2, 0.25) is 5.02 Å². The molecule has 0 aromatic heterocycles. The topological polar surface area (TPSA) is 102 Å². The fourth-order valence-corrected chi connectivity index (χ4v) is 7.96. The summed E-state index contributed by atoms with van der Waals surface area (Å²) in [5.41, 5.74) is 5.75. The molecule has 1 aliphatic heterocycles. The van der Waals surface area contributed by atoms with Crippen molar-refractivity contribution in [3.8, 4) is 5.75 Å². The van der Waals surface area contributed by atoms with E-state index in [0.29, 0.717) is 11.1 Å². The maximum Gasteiger partial charge on any atom is 0.298 e. The lowest BCUT2D eigenvalue weighted by Gasteiger charge is -2.39. The molecule has 42 heavy (non-hydrogen) atoms. The third kappa shape index (κ3) is 5.74. The van der Waals surface area contributed by atoms with Gasteiger partial charge in [0, 0.05) is 29.7 Å². The number of nitrogens with one attached hydrogen (secondary N) is 1. The van der Waals surface area contributed by atoms with Gasteiger partial charge in [-0.15, -0.1) is 0 Å². The number of ether oxygens (including phenoxy) is 1. The summed E-state index contributed by atoms with van der Waals surface area (Å²) < 4.78 is 67.6. The van der Waals surface area contributed by atoms with Crippen molar-refractivity contribution in [3.05, 3.63) is 71.2 Å². The first-order chi connectivity index (χ1) is 20.0. The van der Waals surface area contributed by atoms with Crippen molar-refractivity contribution in [3.63, 3.8) is 0 Å². The SMILES string of the molecule is NC1C2CCC1CN(C(=O)[C@H](NS(=O)(=O)c1ccc3cc(OC4CCCC4)ccc3c1)C(F)(F)c1ccc(Cl)cc1)C2. The number of hydrogen-bond donors (Lipinski definition) is 2. The number of carbonyl (C=O) groups is 1. The molecule has 2 aliphatic carbocycles. The highest BCUT2D eigenvalue weighted by molar-refractivity contribution is 7.89. The average molecular weight is 618 g/mol. The van der Waals surface area contributed by atoms with Crippen molar-refractivity contribution in [2.75, 3.05) is 13.1 Å². The number of fused-ring (bicyclic) bond motifs is 3. The van der Waals surface area contributed by atoms with Crippen LogP contribution in [-0.2, 0) is 20.7 Å². The predicted molar refractivity (Wildman–Crippen MR) is 157 cm³/mol. The van der Waals surface area contributed by atoms with Crippen molar-refractivity contribution in [2.24, 2.45) is 17.6 Å². The van der Waals surface area contributed by atoms with Gasteiger partial charge in [-0.3, -0.25) is 4.79 Å². The number of amides is 1. The minimum absolute atomic E-state index is 0.00265. The monoisotopic (exact) mass is 617 g/mol. The predicted octanol–water partition coefficient (Wildman–Crippen LogP) is 5.45. The normalized spacial score (nSPS) is 23.8. The third-order valence-corrected chi connectivity index (χ3v) is 10.7. The lowest BCUT2D eigenvalue weighted by Crippen LogP contribution is -2.60. The fourth-order valence-electron chi connectivity index (χ4n) is 6.61. The zero-order chi connectivity index (χ0) is 29.6. The molecule has 3 atom stereocenters. The van der Waals surface area contributed by atoms with Crippen LogP contribution in [0, 0.1) is 11.8 Å². The largest absolute Gasteiger partial charge is 0.490 e. The van der Waals surface area contributed by atoms with Gasteiger partial charge < -0.3 is 15.4 Å². The first-order valence-corrected chi connectivity index (χ1v) is 16.3. The molecule has 2 saturated carbocycles. The van der Waals surface area contributed by atoms with Crippen LogP contribution in [0.15, 0.2) is 65.6 Å². The number of nitrogens with two attached hydrogens (primary N) is 1. The van der Waals surface area contributed by atoms with Crippen LogP contribution in [0.4, 0.5) is 8.78 Å². The number of alkyl halides is 2. The second-order valence-corrected chi connectivity index (χ2v) is 13.9. The minimum atomic E-state index is -4.54. The number of benzene rings is 3. The fraction of sp³-hybridized carbons (Fsp3) is 0.452. The number of carbonyl (C=O) groups excluding carboxylic acids is 1. The Hall–Kier alpha value is -2.79. The molecule has 2 bridgehead atoms. The van der Waals surface area contributed by atoms with Gasteiger partial charge in [-0.1, -0.05) is 35.9 Å². The van der Waals surface area contributed by atoms with E-state index in [0.717, 1.165) is 56.0 Å². The smallest absolute Gasteiger partial charge is 0.298 e. The molecule has 1 amide bonds. The zero-order valence-electron chi connectivity index (χ0n) is 23.0. The molecular weight excluding hydrogens is 584 g/mol. The van der Waals surface area contributed by atoms with Crippen LogP contribution in [0.25, 0.3) is 10.8 Å². The van der Waals surface area contributed by atoms with Gasteiger partial charge >= 0.3 is 0 Å². The van der Waals surface area contributed by atoms with E-state index in [1.807, 2.05) is 6.07 Å². The molecule has 3 aromatic carbocycles. The summed E-state index contributed by atoms with van der Waals surface area (Å²) in [5.74, 6) is -4.14. The molecule has 6 rings (SSSR count). The van der Waals surface area contributed by atoms with E-state index in [2.05, 4.69) is 4.72 Å². The van der Waals surface area contributed by atoms with Crippen LogP contribution in [0.3, 0.4) is 0 Å². The number of hydrogen-bond acceptors (Lipinski definition) is 5. The van der Waals surface area contributed by atoms with Gasteiger partial charge in [0.2, 0.25) is 15.9 Å². The van der Waals surface area contributed by atoms with Crippen molar-refractivity contribution < 1.29 is 26.7 Å². The Labute approximate surface area is 249 Å².